The number of carbonyl (C=O) groups is 1. The largest absolute Gasteiger partial charge is 0.301 e. The van der Waals surface area contributed by atoms with Crippen LogP contribution in [0.15, 0.2) is 24.3 Å². The highest BCUT2D eigenvalue weighted by atomic mass is 32.2. The maximum Gasteiger partial charge on any atom is 0.250 e. The molecule has 0 saturated carbocycles. The highest BCUT2D eigenvalue weighted by Crippen LogP contribution is 2.16. The van der Waals surface area contributed by atoms with Gasteiger partial charge in [-0.3, -0.25) is 9.52 Å². The van der Waals surface area contributed by atoms with E-state index in [1.807, 2.05) is 24.3 Å². The van der Waals surface area contributed by atoms with Crippen molar-refractivity contribution in [1.29, 1.82) is 0 Å². The van der Waals surface area contributed by atoms with E-state index in [0.717, 1.165) is 11.1 Å². The number of sulfonamides is 1. The standard InChI is InChI=1S/C13H18N2O3S/c1-9(2)19(17,18)15-13(16)12-7-10-5-3-4-6-11(10)8-14-12/h3-6,9,12,14H,7-8H2,1-2H3,(H,15,16)/t12-/m0/s1. The van der Waals surface area contributed by atoms with Crippen LogP contribution in [0.25, 0.3) is 0 Å². The van der Waals surface area contributed by atoms with Crippen molar-refractivity contribution in [3.8, 4) is 0 Å². The number of nitrogens with one attached hydrogen (secondary N) is 2. The number of benzene rings is 1. The van der Waals surface area contributed by atoms with E-state index in [0.29, 0.717) is 13.0 Å². The van der Waals surface area contributed by atoms with E-state index in [1.165, 1.54) is 0 Å². The minimum atomic E-state index is -3.56. The molecule has 1 atom stereocenters. The van der Waals surface area contributed by atoms with E-state index in [4.69, 9.17) is 0 Å². The van der Waals surface area contributed by atoms with Crippen LogP contribution < -0.4 is 10.0 Å². The molecule has 0 unspecified atom stereocenters. The molecule has 5 nitrogen and oxygen atoms in total. The third kappa shape index (κ3) is 3.13. The van der Waals surface area contributed by atoms with Gasteiger partial charge in [-0.2, -0.15) is 0 Å². The van der Waals surface area contributed by atoms with Gasteiger partial charge in [-0.05, 0) is 31.4 Å². The molecule has 0 aromatic heterocycles. The summed E-state index contributed by atoms with van der Waals surface area (Å²) in [5.74, 6) is -0.483. The molecule has 0 fully saturated rings. The SMILES string of the molecule is CC(C)S(=O)(=O)NC(=O)[C@@H]1Cc2ccccc2CN1. The smallest absolute Gasteiger partial charge is 0.250 e. The van der Waals surface area contributed by atoms with Crippen LogP contribution in [-0.4, -0.2) is 25.6 Å². The minimum Gasteiger partial charge on any atom is -0.301 e. The topological polar surface area (TPSA) is 75.3 Å². The fourth-order valence-corrected chi connectivity index (χ4v) is 2.63. The molecule has 0 spiro atoms. The number of carbonyl (C=O) groups excluding carboxylic acids is 1. The van der Waals surface area contributed by atoms with Gasteiger partial charge in [0.05, 0.1) is 11.3 Å². The molecular formula is C13H18N2O3S. The lowest BCUT2D eigenvalue weighted by Gasteiger charge is -2.25. The first-order valence-electron chi connectivity index (χ1n) is 6.26. The van der Waals surface area contributed by atoms with E-state index in [1.54, 1.807) is 13.8 Å². The second-order valence-electron chi connectivity index (χ2n) is 4.97. The number of hydrogen-bond donors (Lipinski definition) is 2. The van der Waals surface area contributed by atoms with Crippen LogP contribution in [-0.2, 0) is 27.8 Å². The highest BCUT2D eigenvalue weighted by Gasteiger charge is 2.28. The Hall–Kier alpha value is -1.40. The van der Waals surface area contributed by atoms with Crippen molar-refractivity contribution in [2.45, 2.75) is 38.1 Å². The Morgan fingerprint density at radius 1 is 1.32 bits per heavy atom. The summed E-state index contributed by atoms with van der Waals surface area (Å²) in [7, 11) is -3.56. The molecule has 2 rings (SSSR count). The van der Waals surface area contributed by atoms with Crippen molar-refractivity contribution in [2.75, 3.05) is 0 Å². The molecule has 1 aliphatic heterocycles. The van der Waals surface area contributed by atoms with Crippen molar-refractivity contribution >= 4 is 15.9 Å². The monoisotopic (exact) mass is 282 g/mol. The molecule has 1 heterocycles. The van der Waals surface area contributed by atoms with Crippen LogP contribution in [0.4, 0.5) is 0 Å². The number of rotatable bonds is 3. The van der Waals surface area contributed by atoms with Crippen LogP contribution in [0.5, 0.6) is 0 Å². The van der Waals surface area contributed by atoms with Gasteiger partial charge in [0.2, 0.25) is 10.0 Å². The van der Waals surface area contributed by atoms with Gasteiger partial charge in [0.25, 0.3) is 5.91 Å². The summed E-state index contributed by atoms with van der Waals surface area (Å²) in [4.78, 5) is 12.0. The Labute approximate surface area is 113 Å². The van der Waals surface area contributed by atoms with Gasteiger partial charge in [0.1, 0.15) is 0 Å². The van der Waals surface area contributed by atoms with Crippen molar-refractivity contribution in [3.63, 3.8) is 0 Å². The first kappa shape index (κ1) is 14.0. The first-order chi connectivity index (χ1) is 8.90. The van der Waals surface area contributed by atoms with E-state index in [2.05, 4.69) is 10.0 Å². The molecule has 0 saturated heterocycles. The van der Waals surface area contributed by atoms with Gasteiger partial charge in [0, 0.05) is 6.54 Å². The molecule has 1 aromatic rings. The highest BCUT2D eigenvalue weighted by molar-refractivity contribution is 7.90. The molecule has 6 heteroatoms. The van der Waals surface area contributed by atoms with E-state index < -0.39 is 27.2 Å². The Morgan fingerprint density at radius 2 is 1.95 bits per heavy atom. The Kier molecular flexibility index (Phi) is 3.91. The lowest BCUT2D eigenvalue weighted by Crippen LogP contribution is -2.50. The van der Waals surface area contributed by atoms with Crippen molar-refractivity contribution in [3.05, 3.63) is 35.4 Å². The van der Waals surface area contributed by atoms with Gasteiger partial charge in [0.15, 0.2) is 0 Å². The average Bonchev–Trinajstić information content (AvgIpc) is 2.37. The lowest BCUT2D eigenvalue weighted by molar-refractivity contribution is -0.121. The van der Waals surface area contributed by atoms with Crippen LogP contribution in [0.2, 0.25) is 0 Å². The number of fused-ring (bicyclic) bond motifs is 1. The van der Waals surface area contributed by atoms with Gasteiger partial charge in [-0.1, -0.05) is 24.3 Å². The van der Waals surface area contributed by atoms with E-state index >= 15 is 0 Å². The summed E-state index contributed by atoms with van der Waals surface area (Å²) < 4.78 is 25.5. The summed E-state index contributed by atoms with van der Waals surface area (Å²) in [6.07, 6.45) is 0.510. The van der Waals surface area contributed by atoms with Crippen molar-refractivity contribution in [1.82, 2.24) is 10.0 Å². The van der Waals surface area contributed by atoms with Gasteiger partial charge in [-0.25, -0.2) is 8.42 Å². The Morgan fingerprint density at radius 3 is 2.58 bits per heavy atom. The lowest BCUT2D eigenvalue weighted by atomic mass is 9.96. The molecule has 0 aliphatic carbocycles. The first-order valence-corrected chi connectivity index (χ1v) is 7.80. The van der Waals surface area contributed by atoms with Crippen molar-refractivity contribution in [2.24, 2.45) is 0 Å². The van der Waals surface area contributed by atoms with Crippen LogP contribution in [0, 0.1) is 0 Å². The van der Waals surface area contributed by atoms with Crippen LogP contribution in [0.1, 0.15) is 25.0 Å². The average molecular weight is 282 g/mol. The van der Waals surface area contributed by atoms with E-state index in [-0.39, 0.29) is 0 Å². The maximum atomic E-state index is 12.0. The normalized spacial score (nSPS) is 19.0. The molecule has 0 radical (unpaired) electrons. The molecule has 0 bridgehead atoms. The summed E-state index contributed by atoms with van der Waals surface area (Å²) in [5, 5.41) is 2.44. The zero-order valence-corrected chi connectivity index (χ0v) is 11.8. The fraction of sp³-hybridized carbons (Fsp3) is 0.462. The minimum absolute atomic E-state index is 0.483. The second-order valence-corrected chi connectivity index (χ2v) is 7.20. The number of hydrogen-bond acceptors (Lipinski definition) is 4. The fourth-order valence-electron chi connectivity index (χ4n) is 1.97. The van der Waals surface area contributed by atoms with Gasteiger partial charge in [-0.15, -0.1) is 0 Å². The molecule has 1 amide bonds. The Balaban J connectivity index is 2.08. The van der Waals surface area contributed by atoms with E-state index in [9.17, 15) is 13.2 Å². The molecule has 1 aromatic carbocycles. The van der Waals surface area contributed by atoms with Crippen molar-refractivity contribution < 1.29 is 13.2 Å². The van der Waals surface area contributed by atoms with Crippen LogP contribution in [0.3, 0.4) is 0 Å². The van der Waals surface area contributed by atoms with Crippen LogP contribution >= 0.6 is 0 Å². The summed E-state index contributed by atoms with van der Waals surface area (Å²) in [6.45, 7) is 3.66. The van der Waals surface area contributed by atoms with Gasteiger partial charge < -0.3 is 5.32 Å². The summed E-state index contributed by atoms with van der Waals surface area (Å²) >= 11 is 0. The molecular weight excluding hydrogens is 264 g/mol. The predicted octanol–water partition coefficient (Wildman–Crippen LogP) is 0.555. The predicted molar refractivity (Wildman–Crippen MR) is 73.0 cm³/mol. The third-order valence-corrected chi connectivity index (χ3v) is 4.99. The second kappa shape index (κ2) is 5.30. The third-order valence-electron chi connectivity index (χ3n) is 3.26. The maximum absolute atomic E-state index is 12.0. The Bertz CT molecular complexity index is 581. The quantitative estimate of drug-likeness (QED) is 0.849. The summed E-state index contributed by atoms with van der Waals surface area (Å²) in [5.41, 5.74) is 2.24. The molecule has 104 valence electrons. The van der Waals surface area contributed by atoms with Gasteiger partial charge >= 0.3 is 0 Å². The number of amides is 1. The molecule has 1 aliphatic rings. The zero-order chi connectivity index (χ0) is 14.0. The molecule has 2 N–H and O–H groups in total. The summed E-state index contributed by atoms with van der Waals surface area (Å²) in [6, 6.07) is 7.34. The molecule has 19 heavy (non-hydrogen) atoms. The zero-order valence-electron chi connectivity index (χ0n) is 11.0.